The number of hydrogen-bond acceptors (Lipinski definition) is 1. The van der Waals surface area contributed by atoms with Crippen LogP contribution in [0, 0.1) is 5.41 Å². The van der Waals surface area contributed by atoms with E-state index in [-0.39, 0.29) is 11.2 Å². The van der Waals surface area contributed by atoms with E-state index in [1.165, 1.54) is 6.42 Å². The van der Waals surface area contributed by atoms with Crippen molar-refractivity contribution in [2.45, 2.75) is 39.5 Å². The molecule has 13 heavy (non-hydrogen) atoms. The Balaban J connectivity index is 2.77. The van der Waals surface area contributed by atoms with Crippen molar-refractivity contribution in [1.29, 1.82) is 0 Å². The maximum atomic E-state index is 11.9. The lowest BCUT2D eigenvalue weighted by molar-refractivity contribution is -0.121. The Morgan fingerprint density at radius 3 is 2.69 bits per heavy atom. The largest absolute Gasteiger partial charge is 0.294 e. The van der Waals surface area contributed by atoms with Gasteiger partial charge in [0.25, 0.3) is 0 Å². The Bertz CT molecular complexity index is 246. The quantitative estimate of drug-likeness (QED) is 0.606. The molecule has 0 saturated heterocycles. The standard InChI is InChI=1S/C12H18O/c1-4-12(2,3)11(13)10-8-6-5-7-9-10/h4,8H,1,5-7,9H2,2-3H3. The van der Waals surface area contributed by atoms with Crippen molar-refractivity contribution >= 4 is 5.78 Å². The lowest BCUT2D eigenvalue weighted by atomic mass is 9.81. The molecule has 0 spiro atoms. The van der Waals surface area contributed by atoms with Crippen LogP contribution in [-0.2, 0) is 4.79 Å². The van der Waals surface area contributed by atoms with Crippen LogP contribution in [0.5, 0.6) is 0 Å². The van der Waals surface area contributed by atoms with Crippen molar-refractivity contribution in [3.8, 4) is 0 Å². The van der Waals surface area contributed by atoms with Gasteiger partial charge < -0.3 is 0 Å². The first kappa shape index (κ1) is 10.2. The Morgan fingerprint density at radius 2 is 2.23 bits per heavy atom. The average Bonchev–Trinajstić information content (AvgIpc) is 2.18. The van der Waals surface area contributed by atoms with E-state index in [2.05, 4.69) is 12.7 Å². The molecule has 1 nitrogen and oxygen atoms in total. The summed E-state index contributed by atoms with van der Waals surface area (Å²) in [7, 11) is 0. The maximum absolute atomic E-state index is 11.9. The third-order valence-electron chi connectivity index (χ3n) is 2.68. The number of carbonyl (C=O) groups excluding carboxylic acids is 1. The van der Waals surface area contributed by atoms with Gasteiger partial charge in [-0.05, 0) is 45.1 Å². The van der Waals surface area contributed by atoms with E-state index in [1.807, 2.05) is 13.8 Å². The molecule has 0 aromatic carbocycles. The van der Waals surface area contributed by atoms with Gasteiger partial charge in [0.05, 0.1) is 0 Å². The zero-order valence-electron chi connectivity index (χ0n) is 8.60. The van der Waals surface area contributed by atoms with Crippen molar-refractivity contribution < 1.29 is 4.79 Å². The summed E-state index contributed by atoms with van der Waals surface area (Å²) in [5, 5.41) is 0. The Hall–Kier alpha value is -0.850. The normalized spacial score (nSPS) is 17.8. The smallest absolute Gasteiger partial charge is 0.167 e. The van der Waals surface area contributed by atoms with Crippen molar-refractivity contribution in [2.24, 2.45) is 5.41 Å². The molecule has 0 heterocycles. The molecular weight excluding hydrogens is 160 g/mol. The molecule has 1 heteroatoms. The summed E-state index contributed by atoms with van der Waals surface area (Å²) < 4.78 is 0. The van der Waals surface area contributed by atoms with Gasteiger partial charge in [0.1, 0.15) is 0 Å². The van der Waals surface area contributed by atoms with Crippen molar-refractivity contribution in [1.82, 2.24) is 0 Å². The van der Waals surface area contributed by atoms with E-state index in [1.54, 1.807) is 6.08 Å². The van der Waals surface area contributed by atoms with Crippen LogP contribution >= 0.6 is 0 Å². The van der Waals surface area contributed by atoms with E-state index >= 15 is 0 Å². The van der Waals surface area contributed by atoms with Crippen LogP contribution < -0.4 is 0 Å². The van der Waals surface area contributed by atoms with Crippen LogP contribution in [-0.4, -0.2) is 5.78 Å². The van der Waals surface area contributed by atoms with Crippen LogP contribution in [0.3, 0.4) is 0 Å². The van der Waals surface area contributed by atoms with Crippen LogP contribution in [0.15, 0.2) is 24.3 Å². The zero-order valence-corrected chi connectivity index (χ0v) is 8.60. The number of ketones is 1. The second-order valence-electron chi connectivity index (χ2n) is 4.23. The summed E-state index contributed by atoms with van der Waals surface area (Å²) >= 11 is 0. The second kappa shape index (κ2) is 3.91. The number of carbonyl (C=O) groups is 1. The van der Waals surface area contributed by atoms with Crippen LogP contribution in [0.1, 0.15) is 39.5 Å². The molecule has 1 aliphatic carbocycles. The van der Waals surface area contributed by atoms with E-state index in [9.17, 15) is 4.79 Å². The van der Waals surface area contributed by atoms with Crippen molar-refractivity contribution in [3.05, 3.63) is 24.3 Å². The highest BCUT2D eigenvalue weighted by Gasteiger charge is 2.26. The predicted molar refractivity (Wildman–Crippen MR) is 55.5 cm³/mol. The van der Waals surface area contributed by atoms with Gasteiger partial charge in [-0.3, -0.25) is 4.79 Å². The fourth-order valence-electron chi connectivity index (χ4n) is 1.55. The molecule has 0 aromatic heterocycles. The van der Waals surface area contributed by atoms with Gasteiger partial charge in [-0.25, -0.2) is 0 Å². The molecule has 0 N–H and O–H groups in total. The van der Waals surface area contributed by atoms with Crippen molar-refractivity contribution in [3.63, 3.8) is 0 Å². The molecule has 0 bridgehead atoms. The molecule has 0 amide bonds. The summed E-state index contributed by atoms with van der Waals surface area (Å²) in [5.41, 5.74) is 0.625. The van der Waals surface area contributed by atoms with Gasteiger partial charge in [0.2, 0.25) is 0 Å². The fourth-order valence-corrected chi connectivity index (χ4v) is 1.55. The van der Waals surface area contributed by atoms with E-state index in [4.69, 9.17) is 0 Å². The van der Waals surface area contributed by atoms with Gasteiger partial charge in [-0.1, -0.05) is 12.2 Å². The monoisotopic (exact) mass is 178 g/mol. The molecule has 1 rings (SSSR count). The molecule has 0 fully saturated rings. The van der Waals surface area contributed by atoms with Crippen LogP contribution in [0.2, 0.25) is 0 Å². The summed E-state index contributed by atoms with van der Waals surface area (Å²) in [4.78, 5) is 11.9. The first-order valence-corrected chi connectivity index (χ1v) is 4.95. The predicted octanol–water partition coefficient (Wildman–Crippen LogP) is 3.27. The minimum Gasteiger partial charge on any atom is -0.294 e. The SMILES string of the molecule is C=CC(C)(C)C(=O)C1=CCCCC1. The minimum absolute atomic E-state index is 0.252. The maximum Gasteiger partial charge on any atom is 0.167 e. The van der Waals surface area contributed by atoms with Gasteiger partial charge in [-0.2, -0.15) is 0 Å². The van der Waals surface area contributed by atoms with E-state index < -0.39 is 0 Å². The van der Waals surface area contributed by atoms with E-state index in [0.717, 1.165) is 24.8 Å². The van der Waals surface area contributed by atoms with Crippen LogP contribution in [0.4, 0.5) is 0 Å². The number of hydrogen-bond donors (Lipinski definition) is 0. The fraction of sp³-hybridized carbons (Fsp3) is 0.583. The summed E-state index contributed by atoms with van der Waals surface area (Å²) in [5.74, 6) is 0.252. The molecule has 0 saturated carbocycles. The Labute approximate surface area is 80.5 Å². The highest BCUT2D eigenvalue weighted by Crippen LogP contribution is 2.27. The average molecular weight is 178 g/mol. The van der Waals surface area contributed by atoms with Gasteiger partial charge in [0, 0.05) is 5.41 Å². The molecule has 0 radical (unpaired) electrons. The van der Waals surface area contributed by atoms with Gasteiger partial charge in [0.15, 0.2) is 5.78 Å². The number of Topliss-reactive ketones (excluding diaryl/α,β-unsaturated/α-hetero) is 1. The zero-order chi connectivity index (χ0) is 9.90. The minimum atomic E-state index is -0.386. The first-order valence-electron chi connectivity index (χ1n) is 4.95. The highest BCUT2D eigenvalue weighted by atomic mass is 16.1. The molecule has 1 aliphatic rings. The molecule has 0 unspecified atom stereocenters. The molecule has 72 valence electrons. The molecule has 0 atom stereocenters. The van der Waals surface area contributed by atoms with Gasteiger partial charge in [-0.15, -0.1) is 6.58 Å². The molecular formula is C12H18O. The highest BCUT2D eigenvalue weighted by molar-refractivity contribution is 6.00. The number of rotatable bonds is 3. The molecule has 0 aromatic rings. The lowest BCUT2D eigenvalue weighted by Gasteiger charge is -2.21. The summed E-state index contributed by atoms with van der Waals surface area (Å²) in [6.07, 6.45) is 8.24. The summed E-state index contributed by atoms with van der Waals surface area (Å²) in [6.45, 7) is 7.56. The topological polar surface area (TPSA) is 17.1 Å². The third kappa shape index (κ3) is 2.30. The summed E-state index contributed by atoms with van der Waals surface area (Å²) in [6, 6.07) is 0. The Morgan fingerprint density at radius 1 is 1.54 bits per heavy atom. The Kier molecular flexibility index (Phi) is 3.07. The van der Waals surface area contributed by atoms with Crippen LogP contribution in [0.25, 0.3) is 0 Å². The van der Waals surface area contributed by atoms with Crippen molar-refractivity contribution in [2.75, 3.05) is 0 Å². The van der Waals surface area contributed by atoms with E-state index in [0.29, 0.717) is 0 Å². The second-order valence-corrected chi connectivity index (χ2v) is 4.23. The first-order chi connectivity index (χ1) is 6.08. The third-order valence-corrected chi connectivity index (χ3v) is 2.68. The number of allylic oxidation sites excluding steroid dienone is 3. The van der Waals surface area contributed by atoms with Gasteiger partial charge >= 0.3 is 0 Å². The molecule has 0 aliphatic heterocycles. The lowest BCUT2D eigenvalue weighted by Crippen LogP contribution is -2.24.